The Bertz CT molecular complexity index is 872. The second-order valence-electron chi connectivity index (χ2n) is 5.44. The first-order chi connectivity index (χ1) is 12.0. The summed E-state index contributed by atoms with van der Waals surface area (Å²) >= 11 is 3.40. The number of allylic oxidation sites excluding steroid dienone is 1. The number of carbonyl (C=O) groups excluding carboxylic acids is 2. The molecule has 25 heavy (non-hydrogen) atoms. The molecule has 6 heteroatoms. The van der Waals surface area contributed by atoms with Crippen LogP contribution in [0.5, 0.6) is 11.5 Å². The Balaban J connectivity index is 1.83. The third-order valence-electron chi connectivity index (χ3n) is 3.63. The van der Waals surface area contributed by atoms with Gasteiger partial charge in [-0.05, 0) is 42.8 Å². The van der Waals surface area contributed by atoms with Gasteiger partial charge in [-0.15, -0.1) is 0 Å². The lowest BCUT2D eigenvalue weighted by molar-refractivity contribution is -0.147. The predicted octanol–water partition coefficient (Wildman–Crippen LogP) is 4.01. The van der Waals surface area contributed by atoms with Gasteiger partial charge in [0, 0.05) is 10.5 Å². The molecule has 1 aliphatic heterocycles. The summed E-state index contributed by atoms with van der Waals surface area (Å²) in [6.45, 7) is 1.59. The average molecular weight is 403 g/mol. The fraction of sp³-hybridized carbons (Fsp3) is 0.158. The number of carbonyl (C=O) groups is 2. The quantitative estimate of drug-likeness (QED) is 0.571. The molecular formula is C19H15BrO5. The molecule has 0 N–H and O–H groups in total. The van der Waals surface area contributed by atoms with Crippen molar-refractivity contribution in [1.29, 1.82) is 0 Å². The molecule has 0 saturated carbocycles. The number of methoxy groups -OCH3 is 1. The lowest BCUT2D eigenvalue weighted by Crippen LogP contribution is -2.24. The lowest BCUT2D eigenvalue weighted by atomic mass is 10.1. The molecule has 1 heterocycles. The SMILES string of the molecule is COC(=O)[C@H](C)Oc1ccc2c(c1)O/C(=C\c1cccc(Br)c1)C2=O. The molecule has 0 bridgehead atoms. The molecule has 1 atom stereocenters. The van der Waals surface area contributed by atoms with Crippen LogP contribution in [0.25, 0.3) is 6.08 Å². The van der Waals surface area contributed by atoms with Crippen molar-refractivity contribution >= 4 is 33.8 Å². The fourth-order valence-electron chi connectivity index (χ4n) is 2.41. The third-order valence-corrected chi connectivity index (χ3v) is 4.13. The fourth-order valence-corrected chi connectivity index (χ4v) is 2.82. The molecule has 5 nitrogen and oxygen atoms in total. The molecule has 0 unspecified atom stereocenters. The van der Waals surface area contributed by atoms with Crippen LogP contribution in [-0.4, -0.2) is 25.0 Å². The first-order valence-electron chi connectivity index (χ1n) is 7.56. The van der Waals surface area contributed by atoms with Crippen LogP contribution in [0.2, 0.25) is 0 Å². The van der Waals surface area contributed by atoms with E-state index in [2.05, 4.69) is 20.7 Å². The number of halogens is 1. The summed E-state index contributed by atoms with van der Waals surface area (Å²) < 4.78 is 16.7. The van der Waals surface area contributed by atoms with E-state index in [9.17, 15) is 9.59 Å². The number of ether oxygens (including phenoxy) is 3. The Labute approximate surface area is 153 Å². The molecule has 0 fully saturated rings. The van der Waals surface area contributed by atoms with Crippen molar-refractivity contribution in [3.63, 3.8) is 0 Å². The van der Waals surface area contributed by atoms with Crippen molar-refractivity contribution in [3.8, 4) is 11.5 Å². The van der Waals surface area contributed by atoms with E-state index in [4.69, 9.17) is 9.47 Å². The molecule has 0 spiro atoms. The van der Waals surface area contributed by atoms with Crippen LogP contribution in [0.3, 0.4) is 0 Å². The summed E-state index contributed by atoms with van der Waals surface area (Å²) in [7, 11) is 1.30. The van der Waals surface area contributed by atoms with Crippen molar-refractivity contribution < 1.29 is 23.8 Å². The zero-order valence-corrected chi connectivity index (χ0v) is 15.2. The van der Waals surface area contributed by atoms with Crippen molar-refractivity contribution in [2.45, 2.75) is 13.0 Å². The van der Waals surface area contributed by atoms with E-state index in [-0.39, 0.29) is 11.5 Å². The van der Waals surface area contributed by atoms with Gasteiger partial charge in [0.2, 0.25) is 5.78 Å². The van der Waals surface area contributed by atoms with E-state index >= 15 is 0 Å². The monoisotopic (exact) mass is 402 g/mol. The largest absolute Gasteiger partial charge is 0.479 e. The number of hydrogen-bond donors (Lipinski definition) is 0. The molecule has 0 aliphatic carbocycles. The Hall–Kier alpha value is -2.60. The van der Waals surface area contributed by atoms with E-state index in [0.717, 1.165) is 10.0 Å². The van der Waals surface area contributed by atoms with Gasteiger partial charge in [0.15, 0.2) is 11.9 Å². The highest BCUT2D eigenvalue weighted by Gasteiger charge is 2.28. The molecule has 0 saturated heterocycles. The Morgan fingerprint density at radius 3 is 2.76 bits per heavy atom. The summed E-state index contributed by atoms with van der Waals surface area (Å²) in [6, 6.07) is 12.4. The molecule has 0 aromatic heterocycles. The van der Waals surface area contributed by atoms with Gasteiger partial charge in [-0.1, -0.05) is 28.1 Å². The summed E-state index contributed by atoms with van der Waals surface area (Å²) in [5.41, 5.74) is 1.31. The molecule has 1 aliphatic rings. The zero-order chi connectivity index (χ0) is 18.0. The number of Topliss-reactive ketones (excluding diaryl/α,β-unsaturated/α-hetero) is 1. The molecule has 2 aromatic carbocycles. The highest BCUT2D eigenvalue weighted by molar-refractivity contribution is 9.10. The minimum atomic E-state index is -0.753. The van der Waals surface area contributed by atoms with E-state index in [0.29, 0.717) is 17.1 Å². The number of fused-ring (bicyclic) bond motifs is 1. The minimum Gasteiger partial charge on any atom is -0.479 e. The summed E-state index contributed by atoms with van der Waals surface area (Å²) in [5, 5.41) is 0. The maximum absolute atomic E-state index is 12.5. The van der Waals surface area contributed by atoms with Crippen LogP contribution in [0.4, 0.5) is 0 Å². The summed E-state index contributed by atoms with van der Waals surface area (Å²) in [6.07, 6.45) is 0.932. The summed E-state index contributed by atoms with van der Waals surface area (Å²) in [5.74, 6) is 0.399. The van der Waals surface area contributed by atoms with Gasteiger partial charge < -0.3 is 14.2 Å². The number of esters is 1. The Morgan fingerprint density at radius 2 is 2.04 bits per heavy atom. The Morgan fingerprint density at radius 1 is 1.24 bits per heavy atom. The van der Waals surface area contributed by atoms with Crippen LogP contribution < -0.4 is 9.47 Å². The molecule has 128 valence electrons. The summed E-state index contributed by atoms with van der Waals surface area (Å²) in [4.78, 5) is 23.9. The maximum atomic E-state index is 12.5. The van der Waals surface area contributed by atoms with Crippen LogP contribution in [0.15, 0.2) is 52.7 Å². The predicted molar refractivity (Wildman–Crippen MR) is 95.6 cm³/mol. The zero-order valence-electron chi connectivity index (χ0n) is 13.6. The van der Waals surface area contributed by atoms with E-state index in [1.807, 2.05) is 24.3 Å². The van der Waals surface area contributed by atoms with E-state index < -0.39 is 12.1 Å². The number of benzene rings is 2. The van der Waals surface area contributed by atoms with Crippen LogP contribution in [0.1, 0.15) is 22.8 Å². The van der Waals surface area contributed by atoms with Crippen molar-refractivity contribution in [2.75, 3.05) is 7.11 Å². The van der Waals surface area contributed by atoms with Gasteiger partial charge in [-0.25, -0.2) is 4.79 Å². The smallest absolute Gasteiger partial charge is 0.346 e. The van der Waals surface area contributed by atoms with Crippen LogP contribution in [-0.2, 0) is 9.53 Å². The number of hydrogen-bond acceptors (Lipinski definition) is 5. The number of rotatable bonds is 4. The van der Waals surface area contributed by atoms with Crippen LogP contribution in [0, 0.1) is 0 Å². The molecule has 2 aromatic rings. The second-order valence-corrected chi connectivity index (χ2v) is 6.35. The lowest BCUT2D eigenvalue weighted by Gasteiger charge is -2.12. The molecule has 3 rings (SSSR count). The van der Waals surface area contributed by atoms with Crippen LogP contribution >= 0.6 is 15.9 Å². The average Bonchev–Trinajstić information content (AvgIpc) is 2.89. The third kappa shape index (κ3) is 3.74. The second kappa shape index (κ2) is 7.11. The molecule has 0 radical (unpaired) electrons. The number of ketones is 1. The first-order valence-corrected chi connectivity index (χ1v) is 8.35. The first kappa shape index (κ1) is 17.2. The Kier molecular flexibility index (Phi) is 4.90. The normalized spacial score (nSPS) is 15.5. The van der Waals surface area contributed by atoms with Gasteiger partial charge in [-0.3, -0.25) is 4.79 Å². The standard InChI is InChI=1S/C19H15BrO5/c1-11(19(22)23-2)24-14-6-7-15-16(10-14)25-17(18(15)21)9-12-4-3-5-13(20)8-12/h3-11H,1-2H3/b17-9-/t11-/m0/s1. The minimum absolute atomic E-state index is 0.192. The van der Waals surface area contributed by atoms with Gasteiger partial charge in [0.1, 0.15) is 11.5 Å². The van der Waals surface area contributed by atoms with E-state index in [1.165, 1.54) is 7.11 Å². The highest BCUT2D eigenvalue weighted by Crippen LogP contribution is 2.35. The van der Waals surface area contributed by atoms with Crippen molar-refractivity contribution in [3.05, 3.63) is 63.8 Å². The van der Waals surface area contributed by atoms with Gasteiger partial charge in [-0.2, -0.15) is 0 Å². The van der Waals surface area contributed by atoms with Gasteiger partial charge in [0.25, 0.3) is 0 Å². The van der Waals surface area contributed by atoms with Crippen molar-refractivity contribution in [2.24, 2.45) is 0 Å². The maximum Gasteiger partial charge on any atom is 0.346 e. The van der Waals surface area contributed by atoms with Gasteiger partial charge >= 0.3 is 5.97 Å². The van der Waals surface area contributed by atoms with Crippen molar-refractivity contribution in [1.82, 2.24) is 0 Å². The van der Waals surface area contributed by atoms with Gasteiger partial charge in [0.05, 0.1) is 12.7 Å². The molecular weight excluding hydrogens is 388 g/mol. The topological polar surface area (TPSA) is 61.8 Å². The molecule has 0 amide bonds. The van der Waals surface area contributed by atoms with E-state index in [1.54, 1.807) is 31.2 Å². The highest BCUT2D eigenvalue weighted by atomic mass is 79.9.